The fraction of sp³-hybridized carbons (Fsp3) is 0.250. The van der Waals surface area contributed by atoms with Crippen LogP contribution in [0.3, 0.4) is 0 Å². The van der Waals surface area contributed by atoms with Crippen LogP contribution < -0.4 is 4.74 Å². The molecule has 0 saturated carbocycles. The van der Waals surface area contributed by atoms with Crippen LogP contribution in [-0.2, 0) is 30.2 Å². The highest BCUT2D eigenvalue weighted by molar-refractivity contribution is 7.13. The van der Waals surface area contributed by atoms with Gasteiger partial charge in [0.05, 0.1) is 17.7 Å². The van der Waals surface area contributed by atoms with Gasteiger partial charge in [0.2, 0.25) is 5.88 Å². The van der Waals surface area contributed by atoms with Crippen molar-refractivity contribution < 1.29 is 35.9 Å². The van der Waals surface area contributed by atoms with Crippen LogP contribution in [-0.4, -0.2) is 27.4 Å². The summed E-state index contributed by atoms with van der Waals surface area (Å²) in [5.41, 5.74) is -2.09. The Morgan fingerprint density at radius 2 is 1.69 bits per heavy atom. The number of ether oxygens (including phenoxy) is 1. The van der Waals surface area contributed by atoms with Crippen LogP contribution in [0, 0.1) is 0 Å². The third-order valence-corrected chi connectivity index (χ3v) is 5.54. The summed E-state index contributed by atoms with van der Waals surface area (Å²) < 4.78 is 84.5. The maximum absolute atomic E-state index is 13.2. The van der Waals surface area contributed by atoms with Crippen LogP contribution >= 0.6 is 11.3 Å². The molecule has 1 aromatic carbocycles. The number of rotatable bonds is 3. The average Bonchev–Trinajstić information content (AvgIpc) is 3.20. The summed E-state index contributed by atoms with van der Waals surface area (Å²) in [6, 6.07) is 2.93. The molecule has 5 nitrogen and oxygen atoms in total. The van der Waals surface area contributed by atoms with Crippen molar-refractivity contribution in [2.24, 2.45) is 0 Å². The Morgan fingerprint density at radius 1 is 1.00 bits per heavy atom. The molecule has 12 heteroatoms. The first-order valence-corrected chi connectivity index (χ1v) is 9.97. The second-order valence-electron chi connectivity index (χ2n) is 6.93. The van der Waals surface area contributed by atoms with E-state index < -0.39 is 42.5 Å². The fourth-order valence-electron chi connectivity index (χ4n) is 3.28. The third kappa shape index (κ3) is 4.54. The van der Waals surface area contributed by atoms with E-state index in [2.05, 4.69) is 9.97 Å². The van der Waals surface area contributed by atoms with E-state index in [1.165, 1.54) is 17.5 Å². The van der Waals surface area contributed by atoms with Crippen molar-refractivity contribution in [3.05, 3.63) is 64.3 Å². The monoisotopic (exact) mass is 473 g/mol. The molecule has 0 bridgehead atoms. The lowest BCUT2D eigenvalue weighted by molar-refractivity contribution is -0.143. The van der Waals surface area contributed by atoms with Crippen LogP contribution in [0.25, 0.3) is 10.6 Å². The van der Waals surface area contributed by atoms with E-state index in [-0.39, 0.29) is 24.1 Å². The Kier molecular flexibility index (Phi) is 5.57. The van der Waals surface area contributed by atoms with Crippen molar-refractivity contribution in [3.8, 4) is 16.5 Å². The van der Waals surface area contributed by atoms with Crippen LogP contribution in [0.2, 0.25) is 0 Å². The Balaban J connectivity index is 1.72. The number of pyridine rings is 1. The van der Waals surface area contributed by atoms with Crippen LogP contribution in [0.5, 0.6) is 5.88 Å². The molecule has 0 fully saturated rings. The number of hydrogen-bond acceptors (Lipinski definition) is 5. The number of nitrogens with zero attached hydrogens (tertiary/aromatic N) is 3. The summed E-state index contributed by atoms with van der Waals surface area (Å²) in [4.78, 5) is 22.0. The number of halogens is 6. The molecule has 1 aliphatic rings. The average molecular weight is 473 g/mol. The quantitative estimate of drug-likeness (QED) is 0.493. The summed E-state index contributed by atoms with van der Waals surface area (Å²) in [7, 11) is 0. The minimum Gasteiger partial charge on any atom is -0.467 e. The van der Waals surface area contributed by atoms with Gasteiger partial charge in [0, 0.05) is 35.4 Å². The molecule has 0 saturated heterocycles. The second-order valence-corrected chi connectivity index (χ2v) is 7.83. The van der Waals surface area contributed by atoms with Gasteiger partial charge in [-0.25, -0.2) is 9.97 Å². The molecule has 1 aliphatic heterocycles. The summed E-state index contributed by atoms with van der Waals surface area (Å²) >= 11 is 1.32. The largest absolute Gasteiger partial charge is 0.467 e. The smallest absolute Gasteiger partial charge is 0.416 e. The van der Waals surface area contributed by atoms with Crippen molar-refractivity contribution in [1.82, 2.24) is 14.9 Å². The summed E-state index contributed by atoms with van der Waals surface area (Å²) in [6.45, 7) is -1.04. The molecule has 3 aromatic rings. The molecular weight excluding hydrogens is 460 g/mol. The first-order chi connectivity index (χ1) is 15.0. The molecule has 0 spiro atoms. The molecule has 1 amide bonds. The van der Waals surface area contributed by atoms with E-state index in [1.807, 2.05) is 0 Å². The van der Waals surface area contributed by atoms with Gasteiger partial charge in [0.25, 0.3) is 5.91 Å². The number of aromatic nitrogens is 2. The predicted octanol–water partition coefficient (Wildman–Crippen LogP) is 5.16. The first-order valence-electron chi connectivity index (χ1n) is 9.09. The number of hydrogen-bond donors (Lipinski definition) is 0. The van der Waals surface area contributed by atoms with Gasteiger partial charge in [-0.2, -0.15) is 26.3 Å². The Bertz CT molecular complexity index is 1110. The van der Waals surface area contributed by atoms with Crippen molar-refractivity contribution in [1.29, 1.82) is 0 Å². The standard InChI is InChI=1S/C20H13F6N3O2S/c21-19(22,23)12-5-11(6-13(7-12)20(24,25)26)8-29-9-15-14(18-28-3-4-32-18)1-2-27-17(15)31-10-16(29)30/h1-7H,8-10H2. The van der Waals surface area contributed by atoms with Crippen molar-refractivity contribution in [2.45, 2.75) is 25.4 Å². The van der Waals surface area contributed by atoms with Crippen molar-refractivity contribution in [2.75, 3.05) is 6.61 Å². The highest BCUT2D eigenvalue weighted by Gasteiger charge is 2.37. The van der Waals surface area contributed by atoms with Gasteiger partial charge in [-0.1, -0.05) is 0 Å². The van der Waals surface area contributed by atoms with Crippen LogP contribution in [0.15, 0.2) is 42.0 Å². The van der Waals surface area contributed by atoms with Gasteiger partial charge in [-0.15, -0.1) is 11.3 Å². The van der Waals surface area contributed by atoms with Gasteiger partial charge >= 0.3 is 12.4 Å². The second kappa shape index (κ2) is 8.08. The predicted molar refractivity (Wildman–Crippen MR) is 102 cm³/mol. The number of alkyl halides is 6. The molecule has 168 valence electrons. The van der Waals surface area contributed by atoms with E-state index >= 15 is 0 Å². The number of carbonyl (C=O) groups excluding carboxylic acids is 1. The van der Waals surface area contributed by atoms with E-state index in [0.29, 0.717) is 28.3 Å². The van der Waals surface area contributed by atoms with E-state index in [4.69, 9.17) is 4.74 Å². The van der Waals surface area contributed by atoms with Crippen LogP contribution in [0.1, 0.15) is 22.3 Å². The molecule has 2 aromatic heterocycles. The molecule has 0 aliphatic carbocycles. The lowest BCUT2D eigenvalue weighted by Gasteiger charge is -2.22. The molecular formula is C20H13F6N3O2S. The SMILES string of the molecule is O=C1COc2nccc(-c3nccs3)c2CN1Cc1cc(C(F)(F)F)cc(C(F)(F)F)c1. The number of amides is 1. The van der Waals surface area contributed by atoms with E-state index in [1.54, 1.807) is 17.6 Å². The lowest BCUT2D eigenvalue weighted by atomic mass is 10.0. The van der Waals surface area contributed by atoms with Crippen molar-refractivity contribution in [3.63, 3.8) is 0 Å². The van der Waals surface area contributed by atoms with E-state index in [0.717, 1.165) is 4.90 Å². The van der Waals surface area contributed by atoms with Crippen molar-refractivity contribution >= 4 is 17.2 Å². The molecule has 0 radical (unpaired) electrons. The third-order valence-electron chi connectivity index (χ3n) is 4.73. The van der Waals surface area contributed by atoms with Gasteiger partial charge in [0.1, 0.15) is 5.01 Å². The number of carbonyl (C=O) groups is 1. The summed E-state index contributed by atoms with van der Waals surface area (Å²) in [5, 5.41) is 2.35. The Morgan fingerprint density at radius 3 is 2.28 bits per heavy atom. The molecule has 32 heavy (non-hydrogen) atoms. The minimum atomic E-state index is -4.98. The van der Waals surface area contributed by atoms with Gasteiger partial charge in [0.15, 0.2) is 6.61 Å². The topological polar surface area (TPSA) is 55.3 Å². The van der Waals surface area contributed by atoms with Crippen LogP contribution in [0.4, 0.5) is 26.3 Å². The number of thiazole rings is 1. The highest BCUT2D eigenvalue weighted by atomic mass is 32.1. The minimum absolute atomic E-state index is 0.0522. The maximum Gasteiger partial charge on any atom is 0.416 e. The zero-order valence-corrected chi connectivity index (χ0v) is 16.8. The number of fused-ring (bicyclic) bond motifs is 1. The lowest BCUT2D eigenvalue weighted by Crippen LogP contribution is -2.32. The van der Waals surface area contributed by atoms with Gasteiger partial charge < -0.3 is 9.64 Å². The highest BCUT2D eigenvalue weighted by Crippen LogP contribution is 2.37. The zero-order chi connectivity index (χ0) is 23.1. The molecule has 4 rings (SSSR count). The van der Waals surface area contributed by atoms with E-state index in [9.17, 15) is 31.1 Å². The molecule has 0 atom stereocenters. The fourth-order valence-corrected chi connectivity index (χ4v) is 3.97. The normalized spacial score (nSPS) is 14.7. The molecule has 0 unspecified atom stereocenters. The maximum atomic E-state index is 13.2. The molecule has 0 N–H and O–H groups in total. The Labute approximate surface area is 181 Å². The van der Waals surface area contributed by atoms with Gasteiger partial charge in [-0.05, 0) is 29.8 Å². The number of benzene rings is 1. The zero-order valence-electron chi connectivity index (χ0n) is 16.0. The Hall–Kier alpha value is -3.15. The summed E-state index contributed by atoms with van der Waals surface area (Å²) in [6.07, 6.45) is -6.90. The summed E-state index contributed by atoms with van der Waals surface area (Å²) in [5.74, 6) is -0.437. The van der Waals surface area contributed by atoms with Gasteiger partial charge in [-0.3, -0.25) is 4.79 Å². The molecule has 3 heterocycles. The first kappa shape index (κ1) is 22.1.